The van der Waals surface area contributed by atoms with Crippen molar-refractivity contribution in [3.8, 4) is 6.07 Å². The first-order valence-corrected chi connectivity index (χ1v) is 8.01. The third-order valence-corrected chi connectivity index (χ3v) is 4.73. The molecule has 0 aromatic heterocycles. The molecule has 3 atom stereocenters. The Hall–Kier alpha value is -1.37. The van der Waals surface area contributed by atoms with Gasteiger partial charge in [0.25, 0.3) is 0 Å². The summed E-state index contributed by atoms with van der Waals surface area (Å²) >= 11 is 0. The van der Waals surface area contributed by atoms with Gasteiger partial charge in [-0.3, -0.25) is 5.32 Å². The van der Waals surface area contributed by atoms with Crippen molar-refractivity contribution >= 4 is 0 Å². The van der Waals surface area contributed by atoms with E-state index in [4.69, 9.17) is 4.74 Å². The fourth-order valence-corrected chi connectivity index (χ4v) is 3.18. The lowest BCUT2D eigenvalue weighted by atomic mass is 9.85. The van der Waals surface area contributed by atoms with Crippen LogP contribution >= 0.6 is 0 Å². The number of nitrogens with one attached hydrogen (secondary N) is 1. The van der Waals surface area contributed by atoms with E-state index >= 15 is 0 Å². The van der Waals surface area contributed by atoms with E-state index in [1.165, 1.54) is 19.3 Å². The first-order valence-electron chi connectivity index (χ1n) is 8.01. The summed E-state index contributed by atoms with van der Waals surface area (Å²) in [4.78, 5) is 0. The topological polar surface area (TPSA) is 45.0 Å². The molecule has 1 N–H and O–H groups in total. The van der Waals surface area contributed by atoms with E-state index in [0.29, 0.717) is 12.7 Å². The number of benzene rings is 1. The summed E-state index contributed by atoms with van der Waals surface area (Å²) in [5, 5.41) is 12.8. The summed E-state index contributed by atoms with van der Waals surface area (Å²) in [5.41, 5.74) is 0.221. The van der Waals surface area contributed by atoms with E-state index < -0.39 is 5.54 Å². The largest absolute Gasteiger partial charge is 0.375 e. The molecule has 0 heterocycles. The maximum atomic E-state index is 9.67. The van der Waals surface area contributed by atoms with E-state index in [-0.39, 0.29) is 0 Å². The predicted molar refractivity (Wildman–Crippen MR) is 84.8 cm³/mol. The lowest BCUT2D eigenvalue weighted by molar-refractivity contribution is -0.00949. The molecule has 0 amide bonds. The van der Waals surface area contributed by atoms with E-state index in [2.05, 4.69) is 18.3 Å². The smallest absolute Gasteiger partial charge is 0.155 e. The van der Waals surface area contributed by atoms with Crippen LogP contribution in [0.2, 0.25) is 0 Å². The van der Waals surface area contributed by atoms with Crippen LogP contribution in [0.15, 0.2) is 30.3 Å². The van der Waals surface area contributed by atoms with Gasteiger partial charge in [0.05, 0.1) is 18.8 Å². The highest BCUT2D eigenvalue weighted by Gasteiger charge is 2.32. The van der Waals surface area contributed by atoms with Gasteiger partial charge in [0.1, 0.15) is 0 Å². The van der Waals surface area contributed by atoms with Gasteiger partial charge in [-0.05, 0) is 31.4 Å². The summed E-state index contributed by atoms with van der Waals surface area (Å²) in [5.74, 6) is 0.784. The lowest BCUT2D eigenvalue weighted by Crippen LogP contribution is -2.44. The molecule has 3 unspecified atom stereocenters. The zero-order valence-corrected chi connectivity index (χ0v) is 13.1. The summed E-state index contributed by atoms with van der Waals surface area (Å²) in [6, 6.07) is 12.3. The minimum atomic E-state index is -0.750. The summed E-state index contributed by atoms with van der Waals surface area (Å²) in [6.07, 6.45) is 6.35. The standard InChI is InChI=1S/C18H26N2O/c1-3-15-8-7-11-17(12-15)21-14-18(13-19,20-2)16-9-5-4-6-10-16/h4-6,9-10,15,17,20H,3,7-8,11-12,14H2,1-2H3. The summed E-state index contributed by atoms with van der Waals surface area (Å²) < 4.78 is 6.13. The first-order chi connectivity index (χ1) is 10.2. The molecule has 2 rings (SSSR count). The third-order valence-electron chi connectivity index (χ3n) is 4.73. The van der Waals surface area contributed by atoms with Gasteiger partial charge < -0.3 is 4.74 Å². The molecule has 1 saturated carbocycles. The van der Waals surface area contributed by atoms with Gasteiger partial charge in [-0.25, -0.2) is 0 Å². The maximum absolute atomic E-state index is 9.67. The number of nitrogens with zero attached hydrogens (tertiary/aromatic N) is 1. The van der Waals surface area contributed by atoms with Crippen LogP contribution < -0.4 is 5.32 Å². The van der Waals surface area contributed by atoms with Crippen LogP contribution in [0.4, 0.5) is 0 Å². The van der Waals surface area contributed by atoms with Gasteiger partial charge in [-0.1, -0.05) is 56.5 Å². The Morgan fingerprint density at radius 1 is 1.33 bits per heavy atom. The highest BCUT2D eigenvalue weighted by atomic mass is 16.5. The second kappa shape index (κ2) is 7.59. The second-order valence-electron chi connectivity index (χ2n) is 6.01. The van der Waals surface area contributed by atoms with Crippen LogP contribution in [-0.2, 0) is 10.3 Å². The molecule has 1 aliphatic rings. The van der Waals surface area contributed by atoms with Crippen LogP contribution in [-0.4, -0.2) is 19.8 Å². The van der Waals surface area contributed by atoms with Crippen molar-refractivity contribution in [1.29, 1.82) is 5.26 Å². The highest BCUT2D eigenvalue weighted by molar-refractivity contribution is 5.31. The van der Waals surface area contributed by atoms with E-state index in [0.717, 1.165) is 24.3 Å². The SMILES string of the molecule is CCC1CCCC(OCC(C#N)(NC)c2ccccc2)C1. The zero-order chi connectivity index (χ0) is 15.1. The number of hydrogen-bond acceptors (Lipinski definition) is 3. The average Bonchev–Trinajstić information content (AvgIpc) is 2.57. The zero-order valence-electron chi connectivity index (χ0n) is 13.1. The number of nitriles is 1. The monoisotopic (exact) mass is 286 g/mol. The molecule has 0 bridgehead atoms. The Morgan fingerprint density at radius 2 is 2.10 bits per heavy atom. The Balaban J connectivity index is 2.02. The molecule has 3 nitrogen and oxygen atoms in total. The molecule has 1 aromatic carbocycles. The van der Waals surface area contributed by atoms with Crippen LogP contribution in [0.25, 0.3) is 0 Å². The van der Waals surface area contributed by atoms with Crippen molar-refractivity contribution in [1.82, 2.24) is 5.32 Å². The van der Waals surface area contributed by atoms with E-state index in [1.807, 2.05) is 37.4 Å². The van der Waals surface area contributed by atoms with Crippen LogP contribution in [0.1, 0.15) is 44.6 Å². The van der Waals surface area contributed by atoms with Gasteiger partial charge in [0.15, 0.2) is 5.54 Å². The van der Waals surface area contributed by atoms with Crippen LogP contribution in [0, 0.1) is 17.2 Å². The van der Waals surface area contributed by atoms with Crippen LogP contribution in [0.3, 0.4) is 0 Å². The van der Waals surface area contributed by atoms with Crippen molar-refractivity contribution in [2.45, 2.75) is 50.7 Å². The van der Waals surface area contributed by atoms with Gasteiger partial charge in [0, 0.05) is 0 Å². The Bertz CT molecular complexity index is 468. The molecule has 0 saturated heterocycles. The molecule has 0 aliphatic heterocycles. The second-order valence-corrected chi connectivity index (χ2v) is 6.01. The third kappa shape index (κ3) is 3.84. The molecule has 1 aromatic rings. The fourth-order valence-electron chi connectivity index (χ4n) is 3.18. The highest BCUT2D eigenvalue weighted by Crippen LogP contribution is 2.30. The minimum Gasteiger partial charge on any atom is -0.375 e. The molecule has 1 fully saturated rings. The number of likely N-dealkylation sites (N-methyl/N-ethyl adjacent to an activating group) is 1. The number of ether oxygens (including phenoxy) is 1. The molecule has 114 valence electrons. The molecule has 21 heavy (non-hydrogen) atoms. The lowest BCUT2D eigenvalue weighted by Gasteiger charge is -2.32. The summed E-state index contributed by atoms with van der Waals surface area (Å²) in [6.45, 7) is 2.66. The van der Waals surface area contributed by atoms with Gasteiger partial charge in [-0.2, -0.15) is 5.26 Å². The Kier molecular flexibility index (Phi) is 5.78. The Morgan fingerprint density at radius 3 is 2.71 bits per heavy atom. The molecule has 0 radical (unpaired) electrons. The maximum Gasteiger partial charge on any atom is 0.155 e. The van der Waals surface area contributed by atoms with Gasteiger partial charge in [0.2, 0.25) is 0 Å². The predicted octanol–water partition coefficient (Wildman–Crippen LogP) is 3.61. The molecule has 3 heteroatoms. The fraction of sp³-hybridized carbons (Fsp3) is 0.611. The molecule has 1 aliphatic carbocycles. The number of hydrogen-bond donors (Lipinski definition) is 1. The van der Waals surface area contributed by atoms with Crippen molar-refractivity contribution in [2.24, 2.45) is 5.92 Å². The minimum absolute atomic E-state index is 0.300. The quantitative estimate of drug-likeness (QED) is 0.869. The molecular formula is C18H26N2O. The first kappa shape index (κ1) is 16.0. The van der Waals surface area contributed by atoms with E-state index in [9.17, 15) is 5.26 Å². The van der Waals surface area contributed by atoms with Crippen molar-refractivity contribution in [3.63, 3.8) is 0 Å². The van der Waals surface area contributed by atoms with E-state index in [1.54, 1.807) is 0 Å². The van der Waals surface area contributed by atoms with Gasteiger partial charge >= 0.3 is 0 Å². The van der Waals surface area contributed by atoms with Crippen molar-refractivity contribution < 1.29 is 4.74 Å². The normalized spacial score (nSPS) is 25.0. The summed E-state index contributed by atoms with van der Waals surface area (Å²) in [7, 11) is 1.83. The molecule has 0 spiro atoms. The Labute approximate surface area is 128 Å². The molecular weight excluding hydrogens is 260 g/mol. The average molecular weight is 286 g/mol. The van der Waals surface area contributed by atoms with Crippen molar-refractivity contribution in [2.75, 3.05) is 13.7 Å². The number of rotatable bonds is 6. The van der Waals surface area contributed by atoms with Crippen molar-refractivity contribution in [3.05, 3.63) is 35.9 Å². The van der Waals surface area contributed by atoms with Crippen LogP contribution in [0.5, 0.6) is 0 Å². The van der Waals surface area contributed by atoms with Gasteiger partial charge in [-0.15, -0.1) is 0 Å².